The first-order valence-electron chi connectivity index (χ1n) is 6.41. The van der Waals surface area contributed by atoms with Crippen molar-refractivity contribution in [1.82, 2.24) is 5.16 Å². The zero-order valence-corrected chi connectivity index (χ0v) is 12.8. The molecule has 3 rings (SSSR count). The second-order valence-electron chi connectivity index (χ2n) is 4.63. The largest absolute Gasteiger partial charge is 0.391 e. The average molecular weight is 366 g/mol. The Balaban J connectivity index is 2.10. The van der Waals surface area contributed by atoms with Crippen LogP contribution >= 0.6 is 15.9 Å². The molecule has 3 aromatic rings. The van der Waals surface area contributed by atoms with Crippen LogP contribution in [-0.4, -0.2) is 10.3 Å². The van der Waals surface area contributed by atoms with Gasteiger partial charge in [-0.1, -0.05) is 33.2 Å². The summed E-state index contributed by atoms with van der Waals surface area (Å²) in [6, 6.07) is 10.7. The number of hydrogen-bond donors (Lipinski definition) is 1. The predicted molar refractivity (Wildman–Crippen MR) is 80.9 cm³/mol. The van der Waals surface area contributed by atoms with E-state index in [-0.39, 0.29) is 12.4 Å². The van der Waals surface area contributed by atoms with Crippen molar-refractivity contribution in [3.8, 4) is 22.6 Å². The van der Waals surface area contributed by atoms with Gasteiger partial charge in [-0.2, -0.15) is 0 Å². The molecule has 0 amide bonds. The molecule has 2 aromatic carbocycles. The molecule has 1 aromatic heterocycles. The minimum absolute atomic E-state index is 0.222. The van der Waals surface area contributed by atoms with E-state index in [0.717, 1.165) is 22.2 Å². The Bertz CT molecular complexity index is 816. The SMILES string of the molecule is OCc1c(-c2ccc(Br)cc2)noc1-c1ccc(F)c(F)c1. The molecule has 0 aliphatic heterocycles. The van der Waals surface area contributed by atoms with Crippen LogP contribution in [0, 0.1) is 11.6 Å². The molecule has 22 heavy (non-hydrogen) atoms. The van der Waals surface area contributed by atoms with E-state index in [0.29, 0.717) is 16.8 Å². The molecule has 1 heterocycles. The molecule has 6 heteroatoms. The molecule has 0 fully saturated rings. The number of aliphatic hydroxyl groups is 1. The van der Waals surface area contributed by atoms with E-state index >= 15 is 0 Å². The highest BCUT2D eigenvalue weighted by atomic mass is 79.9. The summed E-state index contributed by atoms with van der Waals surface area (Å²) in [6.07, 6.45) is 0. The topological polar surface area (TPSA) is 46.3 Å². The molecular weight excluding hydrogens is 356 g/mol. The molecule has 0 bridgehead atoms. The molecule has 0 aliphatic carbocycles. The molecule has 0 spiro atoms. The molecule has 0 aliphatic rings. The normalized spacial score (nSPS) is 10.9. The summed E-state index contributed by atoms with van der Waals surface area (Å²) < 4.78 is 32.5. The lowest BCUT2D eigenvalue weighted by Gasteiger charge is -2.02. The Hall–Kier alpha value is -2.05. The highest BCUT2D eigenvalue weighted by molar-refractivity contribution is 9.10. The Morgan fingerprint density at radius 1 is 1.00 bits per heavy atom. The van der Waals surface area contributed by atoms with Gasteiger partial charge in [0.05, 0.1) is 12.2 Å². The molecule has 0 saturated carbocycles. The third-order valence-electron chi connectivity index (χ3n) is 3.25. The number of benzene rings is 2. The van der Waals surface area contributed by atoms with Gasteiger partial charge >= 0.3 is 0 Å². The van der Waals surface area contributed by atoms with Gasteiger partial charge in [0, 0.05) is 15.6 Å². The number of nitrogens with zero attached hydrogens (tertiary/aromatic N) is 1. The van der Waals surface area contributed by atoms with Crippen molar-refractivity contribution >= 4 is 15.9 Å². The van der Waals surface area contributed by atoms with Gasteiger partial charge in [0.1, 0.15) is 5.69 Å². The Labute approximate surface area is 133 Å². The molecule has 0 radical (unpaired) electrons. The van der Waals surface area contributed by atoms with Crippen molar-refractivity contribution < 1.29 is 18.4 Å². The van der Waals surface area contributed by atoms with Gasteiger partial charge in [0.15, 0.2) is 17.4 Å². The van der Waals surface area contributed by atoms with Gasteiger partial charge in [-0.25, -0.2) is 8.78 Å². The first-order valence-corrected chi connectivity index (χ1v) is 7.20. The van der Waals surface area contributed by atoms with Crippen LogP contribution < -0.4 is 0 Å². The van der Waals surface area contributed by atoms with Crippen LogP contribution in [0.1, 0.15) is 5.56 Å². The van der Waals surface area contributed by atoms with Crippen LogP contribution in [0.15, 0.2) is 51.5 Å². The quantitative estimate of drug-likeness (QED) is 0.740. The van der Waals surface area contributed by atoms with E-state index in [4.69, 9.17) is 4.52 Å². The monoisotopic (exact) mass is 365 g/mol. The third-order valence-corrected chi connectivity index (χ3v) is 3.77. The Morgan fingerprint density at radius 2 is 1.68 bits per heavy atom. The highest BCUT2D eigenvalue weighted by Crippen LogP contribution is 2.33. The fraction of sp³-hybridized carbons (Fsp3) is 0.0625. The minimum Gasteiger partial charge on any atom is -0.391 e. The summed E-state index contributed by atoms with van der Waals surface area (Å²) in [4.78, 5) is 0. The van der Waals surface area contributed by atoms with Crippen molar-refractivity contribution in [2.45, 2.75) is 6.61 Å². The standard InChI is InChI=1S/C16H10BrF2NO2/c17-11-4-1-9(2-5-11)15-12(8-21)16(22-20-15)10-3-6-13(18)14(19)7-10/h1-7,21H,8H2. The molecule has 112 valence electrons. The molecular formula is C16H10BrF2NO2. The molecule has 0 atom stereocenters. The van der Waals surface area contributed by atoms with E-state index < -0.39 is 11.6 Å². The number of aliphatic hydroxyl groups excluding tert-OH is 1. The van der Waals surface area contributed by atoms with Crippen LogP contribution in [0.4, 0.5) is 8.78 Å². The van der Waals surface area contributed by atoms with Crippen molar-refractivity contribution in [3.05, 3.63) is 64.1 Å². The predicted octanol–water partition coefficient (Wildman–Crippen LogP) is 4.54. The van der Waals surface area contributed by atoms with Gasteiger partial charge in [0.25, 0.3) is 0 Å². The minimum atomic E-state index is -0.983. The molecule has 1 N–H and O–H groups in total. The number of halogens is 3. The Morgan fingerprint density at radius 3 is 2.32 bits per heavy atom. The maximum absolute atomic E-state index is 13.4. The van der Waals surface area contributed by atoms with Crippen molar-refractivity contribution in [3.63, 3.8) is 0 Å². The summed E-state index contributed by atoms with van der Waals surface area (Å²) in [7, 11) is 0. The molecule has 0 unspecified atom stereocenters. The van der Waals surface area contributed by atoms with Crippen LogP contribution in [0.5, 0.6) is 0 Å². The van der Waals surface area contributed by atoms with Gasteiger partial charge in [-0.3, -0.25) is 0 Å². The van der Waals surface area contributed by atoms with Crippen molar-refractivity contribution in [1.29, 1.82) is 0 Å². The lowest BCUT2D eigenvalue weighted by atomic mass is 10.0. The summed E-state index contributed by atoms with van der Waals surface area (Å²) in [5, 5.41) is 13.6. The van der Waals surface area contributed by atoms with E-state index in [1.807, 2.05) is 24.3 Å². The van der Waals surface area contributed by atoms with Gasteiger partial charge in [-0.15, -0.1) is 0 Å². The second kappa shape index (κ2) is 5.98. The van der Waals surface area contributed by atoms with E-state index in [9.17, 15) is 13.9 Å². The molecule has 3 nitrogen and oxygen atoms in total. The van der Waals surface area contributed by atoms with Crippen molar-refractivity contribution in [2.24, 2.45) is 0 Å². The van der Waals surface area contributed by atoms with Gasteiger partial charge < -0.3 is 9.63 Å². The van der Waals surface area contributed by atoms with Crippen LogP contribution in [0.25, 0.3) is 22.6 Å². The van der Waals surface area contributed by atoms with Crippen LogP contribution in [0.3, 0.4) is 0 Å². The zero-order valence-electron chi connectivity index (χ0n) is 11.2. The first kappa shape index (κ1) is 14.9. The molecule has 0 saturated heterocycles. The maximum atomic E-state index is 13.4. The maximum Gasteiger partial charge on any atom is 0.173 e. The average Bonchev–Trinajstić information content (AvgIpc) is 2.94. The smallest absolute Gasteiger partial charge is 0.173 e. The van der Waals surface area contributed by atoms with E-state index in [1.165, 1.54) is 6.07 Å². The van der Waals surface area contributed by atoms with Gasteiger partial charge in [-0.05, 0) is 30.3 Å². The number of aromatic nitrogens is 1. The van der Waals surface area contributed by atoms with E-state index in [2.05, 4.69) is 21.1 Å². The third kappa shape index (κ3) is 2.67. The Kier molecular flexibility index (Phi) is 4.04. The number of hydrogen-bond acceptors (Lipinski definition) is 3. The summed E-state index contributed by atoms with van der Waals surface area (Å²) in [5.41, 5.74) is 1.96. The zero-order chi connectivity index (χ0) is 15.7. The highest BCUT2D eigenvalue weighted by Gasteiger charge is 2.19. The number of rotatable bonds is 3. The van der Waals surface area contributed by atoms with Crippen LogP contribution in [0.2, 0.25) is 0 Å². The fourth-order valence-electron chi connectivity index (χ4n) is 2.15. The fourth-order valence-corrected chi connectivity index (χ4v) is 2.42. The van der Waals surface area contributed by atoms with E-state index in [1.54, 1.807) is 0 Å². The van der Waals surface area contributed by atoms with Crippen LogP contribution in [-0.2, 0) is 6.61 Å². The summed E-state index contributed by atoms with van der Waals surface area (Å²) in [6.45, 7) is -0.330. The lowest BCUT2D eigenvalue weighted by molar-refractivity contribution is 0.281. The lowest BCUT2D eigenvalue weighted by Crippen LogP contribution is -1.90. The summed E-state index contributed by atoms with van der Waals surface area (Å²) in [5.74, 6) is -1.70. The van der Waals surface area contributed by atoms with Crippen molar-refractivity contribution in [2.75, 3.05) is 0 Å². The first-order chi connectivity index (χ1) is 10.6. The second-order valence-corrected chi connectivity index (χ2v) is 5.55. The van der Waals surface area contributed by atoms with Gasteiger partial charge in [0.2, 0.25) is 0 Å². The summed E-state index contributed by atoms with van der Waals surface area (Å²) >= 11 is 3.34.